The van der Waals surface area contributed by atoms with Gasteiger partial charge in [-0.2, -0.15) is 8.42 Å². The van der Waals surface area contributed by atoms with E-state index < -0.39 is 10.0 Å². The van der Waals surface area contributed by atoms with Crippen LogP contribution in [0.25, 0.3) is 0 Å². The van der Waals surface area contributed by atoms with Gasteiger partial charge in [0.25, 0.3) is 20.3 Å². The Balaban J connectivity index is 1.58. The number of hydrogen-bond acceptors (Lipinski definition) is 6. The number of nitrogens with one attached hydrogen (secondary N) is 1. The number of hydrogen-bond donors (Lipinski definition) is 1. The van der Waals surface area contributed by atoms with Crippen molar-refractivity contribution in [1.29, 1.82) is 0 Å². The number of para-hydroxylation sites is 1. The highest BCUT2D eigenvalue weighted by atomic mass is 32.2. The van der Waals surface area contributed by atoms with Crippen molar-refractivity contribution in [3.8, 4) is 0 Å². The fourth-order valence-electron chi connectivity index (χ4n) is 3.23. The van der Waals surface area contributed by atoms with Crippen molar-refractivity contribution in [2.24, 2.45) is 0 Å². The molecule has 9 heteroatoms. The van der Waals surface area contributed by atoms with E-state index >= 15 is 0 Å². The molecule has 1 aliphatic heterocycles. The van der Waals surface area contributed by atoms with Crippen molar-refractivity contribution in [1.82, 2.24) is 10.2 Å². The summed E-state index contributed by atoms with van der Waals surface area (Å²) in [4.78, 5) is 12.3. The molecule has 1 aromatic heterocycles. The van der Waals surface area contributed by atoms with Gasteiger partial charge in [-0.05, 0) is 44.0 Å². The molecule has 3 aromatic rings. The molecular formula is C19H18N4O3S2. The molecule has 0 bridgehead atoms. The Labute approximate surface area is 167 Å². The second-order valence-electron chi connectivity index (χ2n) is 6.68. The van der Waals surface area contributed by atoms with Crippen LogP contribution in [0.4, 0.5) is 10.8 Å². The first kappa shape index (κ1) is 18.6. The van der Waals surface area contributed by atoms with E-state index in [1.807, 2.05) is 44.2 Å². The van der Waals surface area contributed by atoms with Gasteiger partial charge in [-0.25, -0.2) is 0 Å². The summed E-state index contributed by atoms with van der Waals surface area (Å²) >= 11 is 0.846. The van der Waals surface area contributed by atoms with Crippen molar-refractivity contribution in [2.75, 3.05) is 9.62 Å². The second kappa shape index (κ2) is 6.99. The molecule has 0 fully saturated rings. The topological polar surface area (TPSA) is 92.3 Å². The third-order valence-electron chi connectivity index (χ3n) is 4.57. The summed E-state index contributed by atoms with van der Waals surface area (Å²) in [5.74, 6) is -0.361. The van der Waals surface area contributed by atoms with Crippen molar-refractivity contribution in [3.63, 3.8) is 0 Å². The van der Waals surface area contributed by atoms with Crippen LogP contribution in [0.3, 0.4) is 0 Å². The zero-order chi connectivity index (χ0) is 19.9. The highest BCUT2D eigenvalue weighted by Crippen LogP contribution is 2.37. The predicted molar refractivity (Wildman–Crippen MR) is 108 cm³/mol. The number of carbonyl (C=O) groups is 1. The zero-order valence-electron chi connectivity index (χ0n) is 15.3. The fourth-order valence-corrected chi connectivity index (χ4v) is 5.90. The summed E-state index contributed by atoms with van der Waals surface area (Å²) in [5, 5.41) is 10.4. The highest BCUT2D eigenvalue weighted by molar-refractivity contribution is 7.94. The van der Waals surface area contributed by atoms with E-state index in [1.54, 1.807) is 18.2 Å². The molecule has 28 heavy (non-hydrogen) atoms. The monoisotopic (exact) mass is 414 g/mol. The Morgan fingerprint density at radius 1 is 1.14 bits per heavy atom. The van der Waals surface area contributed by atoms with Crippen LogP contribution in [-0.2, 0) is 16.4 Å². The fraction of sp³-hybridized carbons (Fsp3) is 0.211. The van der Waals surface area contributed by atoms with E-state index in [9.17, 15) is 13.2 Å². The molecule has 7 nitrogen and oxygen atoms in total. The number of benzene rings is 2. The number of nitrogens with zero attached hydrogens (tertiary/aromatic N) is 3. The Morgan fingerprint density at radius 3 is 2.61 bits per heavy atom. The molecule has 1 N–H and O–H groups in total. The minimum Gasteiger partial charge on any atom is -0.296 e. The van der Waals surface area contributed by atoms with Crippen molar-refractivity contribution in [3.05, 3.63) is 65.2 Å². The van der Waals surface area contributed by atoms with Crippen LogP contribution in [0, 0.1) is 6.92 Å². The predicted octanol–water partition coefficient (Wildman–Crippen LogP) is 3.24. The smallest absolute Gasteiger partial charge is 0.293 e. The largest absolute Gasteiger partial charge is 0.296 e. The standard InChI is InChI=1S/C19H18N4O3S2/c1-12-7-9-14(10-8-12)17(24)20-18-21-22-19(27-18)28(25,26)23-13(2)11-15-5-3-4-6-16(15)23/h3-10,13H,11H2,1-2H3,(H,20,21,24). The van der Waals surface area contributed by atoms with Crippen LogP contribution in [-0.4, -0.2) is 30.6 Å². The van der Waals surface area contributed by atoms with Crippen LogP contribution in [0.5, 0.6) is 0 Å². The maximum absolute atomic E-state index is 13.1. The van der Waals surface area contributed by atoms with Crippen molar-refractivity contribution in [2.45, 2.75) is 30.6 Å². The summed E-state index contributed by atoms with van der Waals surface area (Å²) < 4.78 is 27.5. The maximum Gasteiger partial charge on any atom is 0.293 e. The minimum absolute atomic E-state index is 0.143. The molecule has 1 atom stereocenters. The molecule has 144 valence electrons. The number of fused-ring (bicyclic) bond motifs is 1. The first-order valence-corrected chi connectivity index (χ1v) is 11.0. The van der Waals surface area contributed by atoms with Crippen LogP contribution in [0.1, 0.15) is 28.4 Å². The molecule has 1 aliphatic rings. The van der Waals surface area contributed by atoms with Crippen LogP contribution < -0.4 is 9.62 Å². The first-order chi connectivity index (χ1) is 13.4. The number of rotatable bonds is 4. The lowest BCUT2D eigenvalue weighted by Gasteiger charge is -2.22. The minimum atomic E-state index is -3.86. The van der Waals surface area contributed by atoms with Crippen LogP contribution in [0.15, 0.2) is 52.9 Å². The summed E-state index contributed by atoms with van der Waals surface area (Å²) in [6, 6.07) is 14.3. The van der Waals surface area contributed by atoms with Gasteiger partial charge in [0.1, 0.15) is 0 Å². The van der Waals surface area contributed by atoms with E-state index in [0.29, 0.717) is 17.7 Å². The third-order valence-corrected chi connectivity index (χ3v) is 7.68. The molecule has 2 heterocycles. The number of aromatic nitrogens is 2. The van der Waals surface area contributed by atoms with Gasteiger partial charge in [0.15, 0.2) is 0 Å². The third kappa shape index (κ3) is 3.27. The lowest BCUT2D eigenvalue weighted by molar-refractivity contribution is 0.102. The molecule has 0 saturated carbocycles. The molecule has 0 aliphatic carbocycles. The normalized spacial score (nSPS) is 16.1. The van der Waals surface area contributed by atoms with Gasteiger partial charge in [0.05, 0.1) is 5.69 Å². The number of carbonyl (C=O) groups excluding carboxylic acids is 1. The van der Waals surface area contributed by atoms with Crippen LogP contribution >= 0.6 is 11.3 Å². The molecule has 0 radical (unpaired) electrons. The van der Waals surface area contributed by atoms with E-state index in [-0.39, 0.29) is 21.4 Å². The average Bonchev–Trinajstić information content (AvgIpc) is 3.26. The van der Waals surface area contributed by atoms with E-state index in [1.165, 1.54) is 4.31 Å². The van der Waals surface area contributed by atoms with Gasteiger partial charge >= 0.3 is 0 Å². The van der Waals surface area contributed by atoms with Crippen LogP contribution in [0.2, 0.25) is 0 Å². The van der Waals surface area contributed by atoms with E-state index in [2.05, 4.69) is 15.5 Å². The van der Waals surface area contributed by atoms with Crippen molar-refractivity contribution >= 4 is 38.1 Å². The first-order valence-electron chi connectivity index (χ1n) is 8.70. The Bertz CT molecular complexity index is 1140. The summed E-state index contributed by atoms with van der Waals surface area (Å²) in [5.41, 5.74) is 3.15. The number of sulfonamides is 1. The zero-order valence-corrected chi connectivity index (χ0v) is 16.9. The van der Waals surface area contributed by atoms with Gasteiger partial charge in [-0.1, -0.05) is 47.2 Å². The molecule has 0 saturated heterocycles. The van der Waals surface area contributed by atoms with Gasteiger partial charge in [-0.3, -0.25) is 14.4 Å². The van der Waals surface area contributed by atoms with Gasteiger partial charge in [-0.15, -0.1) is 10.2 Å². The van der Waals surface area contributed by atoms with E-state index in [4.69, 9.17) is 0 Å². The maximum atomic E-state index is 13.1. The highest BCUT2D eigenvalue weighted by Gasteiger charge is 2.38. The van der Waals surface area contributed by atoms with Gasteiger partial charge in [0.2, 0.25) is 5.13 Å². The lowest BCUT2D eigenvalue weighted by atomic mass is 10.1. The molecule has 4 rings (SSSR count). The summed E-state index contributed by atoms with van der Waals surface area (Å²) in [6.07, 6.45) is 0.644. The molecule has 2 aromatic carbocycles. The summed E-state index contributed by atoms with van der Waals surface area (Å²) in [7, 11) is -3.86. The quantitative estimate of drug-likeness (QED) is 0.662. The number of anilines is 2. The molecule has 0 spiro atoms. The molecule has 1 amide bonds. The van der Waals surface area contributed by atoms with Gasteiger partial charge < -0.3 is 0 Å². The van der Waals surface area contributed by atoms with E-state index in [0.717, 1.165) is 22.5 Å². The SMILES string of the molecule is Cc1ccc(C(=O)Nc2nnc(S(=O)(=O)N3c4ccccc4CC3C)s2)cc1. The summed E-state index contributed by atoms with van der Waals surface area (Å²) in [6.45, 7) is 3.79. The Kier molecular flexibility index (Phi) is 4.64. The molecule has 1 unspecified atom stereocenters. The average molecular weight is 415 g/mol. The Morgan fingerprint density at radius 2 is 1.86 bits per heavy atom. The number of aryl methyl sites for hydroxylation is 1. The van der Waals surface area contributed by atoms with Gasteiger partial charge in [0, 0.05) is 11.6 Å². The second-order valence-corrected chi connectivity index (χ2v) is 9.64. The van der Waals surface area contributed by atoms with Crippen molar-refractivity contribution < 1.29 is 13.2 Å². The lowest BCUT2D eigenvalue weighted by Crippen LogP contribution is -2.35. The Hall–Kier alpha value is -2.78. The number of amides is 1. The molecular weight excluding hydrogens is 396 g/mol.